The molecule has 3 N–H and O–H groups in total. The maximum absolute atomic E-state index is 12.0. The number of aliphatic hydroxyl groups is 1. The standard InChI is InChI=1S/C16H17ClN2O2S/c17-12-5-7-13(8-6-12)19-15(20)18-10-16(21,11-3-4-11)14-2-1-9-22-14/h1-2,5-9,11,21H,3-4,10H2,(H2,18,19,20). The molecule has 2 aromatic rings. The van der Waals surface area contributed by atoms with E-state index >= 15 is 0 Å². The monoisotopic (exact) mass is 336 g/mol. The lowest BCUT2D eigenvalue weighted by atomic mass is 9.96. The Hall–Kier alpha value is -1.56. The van der Waals surface area contributed by atoms with Gasteiger partial charge < -0.3 is 15.7 Å². The first-order valence-electron chi connectivity index (χ1n) is 7.15. The summed E-state index contributed by atoms with van der Waals surface area (Å²) in [6.07, 6.45) is 1.99. The van der Waals surface area contributed by atoms with E-state index in [0.717, 1.165) is 17.7 Å². The highest BCUT2D eigenvalue weighted by Crippen LogP contribution is 2.46. The number of carbonyl (C=O) groups is 1. The van der Waals surface area contributed by atoms with Crippen LogP contribution < -0.4 is 10.6 Å². The molecule has 1 aromatic carbocycles. The van der Waals surface area contributed by atoms with Gasteiger partial charge in [-0.25, -0.2) is 4.79 Å². The Kier molecular flexibility index (Phi) is 4.38. The molecule has 1 atom stereocenters. The molecule has 1 saturated carbocycles. The Morgan fingerprint density at radius 3 is 2.64 bits per heavy atom. The van der Waals surface area contributed by atoms with Crippen molar-refractivity contribution in [2.75, 3.05) is 11.9 Å². The number of thiophene rings is 1. The van der Waals surface area contributed by atoms with Gasteiger partial charge in [0.1, 0.15) is 5.60 Å². The third kappa shape index (κ3) is 3.43. The predicted octanol–water partition coefficient (Wildman–Crippen LogP) is 3.82. The molecular formula is C16H17ClN2O2S. The third-order valence-corrected chi connectivity index (χ3v) is 5.11. The van der Waals surface area contributed by atoms with E-state index in [1.807, 2.05) is 17.5 Å². The summed E-state index contributed by atoms with van der Waals surface area (Å²) in [5, 5.41) is 19.0. The van der Waals surface area contributed by atoms with E-state index < -0.39 is 5.60 Å². The molecule has 1 unspecified atom stereocenters. The Bertz CT molecular complexity index is 641. The van der Waals surface area contributed by atoms with Crippen LogP contribution in [-0.2, 0) is 5.60 Å². The van der Waals surface area contributed by atoms with Gasteiger partial charge in [0.05, 0.1) is 6.54 Å². The Labute approximate surface area is 138 Å². The van der Waals surface area contributed by atoms with Crippen LogP contribution >= 0.6 is 22.9 Å². The molecule has 0 saturated heterocycles. The molecule has 116 valence electrons. The van der Waals surface area contributed by atoms with Gasteiger partial charge in [0.25, 0.3) is 0 Å². The largest absolute Gasteiger partial charge is 0.382 e. The van der Waals surface area contributed by atoms with Crippen LogP contribution in [0.3, 0.4) is 0 Å². The van der Waals surface area contributed by atoms with Crippen LogP contribution in [0, 0.1) is 5.92 Å². The fourth-order valence-corrected chi connectivity index (χ4v) is 3.47. The third-order valence-electron chi connectivity index (χ3n) is 3.82. The van der Waals surface area contributed by atoms with Gasteiger partial charge in [0.2, 0.25) is 0 Å². The molecule has 0 bridgehead atoms. The molecule has 0 aliphatic heterocycles. The Balaban J connectivity index is 1.60. The van der Waals surface area contributed by atoms with Crippen LogP contribution in [-0.4, -0.2) is 17.7 Å². The van der Waals surface area contributed by atoms with E-state index in [1.54, 1.807) is 24.3 Å². The zero-order chi connectivity index (χ0) is 15.6. The molecular weight excluding hydrogens is 320 g/mol. The van der Waals surface area contributed by atoms with E-state index in [9.17, 15) is 9.90 Å². The highest BCUT2D eigenvalue weighted by Gasteiger charge is 2.45. The Morgan fingerprint density at radius 2 is 2.05 bits per heavy atom. The lowest BCUT2D eigenvalue weighted by Gasteiger charge is -2.27. The molecule has 2 amide bonds. The van der Waals surface area contributed by atoms with Crippen molar-refractivity contribution >= 4 is 34.7 Å². The van der Waals surface area contributed by atoms with Gasteiger partial charge in [-0.15, -0.1) is 11.3 Å². The average Bonchev–Trinajstić information content (AvgIpc) is 3.22. The van der Waals surface area contributed by atoms with Crippen molar-refractivity contribution in [3.05, 3.63) is 51.7 Å². The fraction of sp³-hybridized carbons (Fsp3) is 0.312. The minimum Gasteiger partial charge on any atom is -0.382 e. The van der Waals surface area contributed by atoms with Crippen LogP contribution in [0.1, 0.15) is 17.7 Å². The molecule has 6 heteroatoms. The van der Waals surface area contributed by atoms with E-state index in [0.29, 0.717) is 10.7 Å². The van der Waals surface area contributed by atoms with E-state index in [2.05, 4.69) is 10.6 Å². The van der Waals surface area contributed by atoms with Gasteiger partial charge in [-0.2, -0.15) is 0 Å². The highest BCUT2D eigenvalue weighted by atomic mass is 35.5. The summed E-state index contributed by atoms with van der Waals surface area (Å²) >= 11 is 7.33. The minimum atomic E-state index is -0.967. The van der Waals surface area contributed by atoms with E-state index in [-0.39, 0.29) is 18.5 Å². The average molecular weight is 337 g/mol. The van der Waals surface area contributed by atoms with Gasteiger partial charge >= 0.3 is 6.03 Å². The van der Waals surface area contributed by atoms with Gasteiger partial charge in [0.15, 0.2) is 0 Å². The van der Waals surface area contributed by atoms with Crippen LogP contribution in [0.25, 0.3) is 0 Å². The maximum Gasteiger partial charge on any atom is 0.319 e. The molecule has 3 rings (SSSR count). The molecule has 22 heavy (non-hydrogen) atoms. The van der Waals surface area contributed by atoms with Crippen LogP contribution in [0.5, 0.6) is 0 Å². The molecule has 1 heterocycles. The second-order valence-corrected chi connectivity index (χ2v) is 6.87. The van der Waals surface area contributed by atoms with Crippen molar-refractivity contribution in [2.45, 2.75) is 18.4 Å². The first-order chi connectivity index (χ1) is 10.6. The topological polar surface area (TPSA) is 61.4 Å². The van der Waals surface area contributed by atoms with E-state index in [1.165, 1.54) is 11.3 Å². The summed E-state index contributed by atoms with van der Waals surface area (Å²) in [5.74, 6) is 0.224. The van der Waals surface area contributed by atoms with Crippen LogP contribution in [0.2, 0.25) is 5.02 Å². The normalized spacial score (nSPS) is 16.8. The van der Waals surface area contributed by atoms with Gasteiger partial charge in [-0.1, -0.05) is 17.7 Å². The number of nitrogens with one attached hydrogen (secondary N) is 2. The number of hydrogen-bond donors (Lipinski definition) is 3. The highest BCUT2D eigenvalue weighted by molar-refractivity contribution is 7.10. The molecule has 1 fully saturated rings. The molecule has 1 aliphatic rings. The number of anilines is 1. The number of carbonyl (C=O) groups excluding carboxylic acids is 1. The number of urea groups is 1. The molecule has 0 radical (unpaired) electrons. The number of halogens is 1. The smallest absolute Gasteiger partial charge is 0.319 e. The maximum atomic E-state index is 12.0. The summed E-state index contributed by atoms with van der Waals surface area (Å²) in [6, 6.07) is 10.4. The number of amides is 2. The summed E-state index contributed by atoms with van der Waals surface area (Å²) in [6.45, 7) is 0.206. The predicted molar refractivity (Wildman–Crippen MR) is 89.4 cm³/mol. The second kappa shape index (κ2) is 6.28. The number of rotatable bonds is 5. The SMILES string of the molecule is O=C(NCC(O)(c1cccs1)C1CC1)Nc1ccc(Cl)cc1. The van der Waals surface area contributed by atoms with Gasteiger partial charge in [-0.05, 0) is 54.5 Å². The van der Waals surface area contributed by atoms with Crippen molar-refractivity contribution in [1.29, 1.82) is 0 Å². The van der Waals surface area contributed by atoms with Crippen molar-refractivity contribution in [1.82, 2.24) is 5.32 Å². The quantitative estimate of drug-likeness (QED) is 0.777. The van der Waals surface area contributed by atoms with E-state index in [4.69, 9.17) is 11.6 Å². The second-order valence-electron chi connectivity index (χ2n) is 5.49. The zero-order valence-electron chi connectivity index (χ0n) is 11.9. The first kappa shape index (κ1) is 15.3. The minimum absolute atomic E-state index is 0.206. The van der Waals surface area contributed by atoms with Gasteiger partial charge in [-0.3, -0.25) is 0 Å². The van der Waals surface area contributed by atoms with Crippen molar-refractivity contribution < 1.29 is 9.90 Å². The lowest BCUT2D eigenvalue weighted by molar-refractivity contribution is 0.0200. The van der Waals surface area contributed by atoms with Crippen molar-refractivity contribution in [2.24, 2.45) is 5.92 Å². The lowest BCUT2D eigenvalue weighted by Crippen LogP contribution is -2.43. The summed E-state index contributed by atoms with van der Waals surface area (Å²) < 4.78 is 0. The van der Waals surface area contributed by atoms with Crippen molar-refractivity contribution in [3.63, 3.8) is 0 Å². The number of hydrogen-bond acceptors (Lipinski definition) is 3. The summed E-state index contributed by atoms with van der Waals surface area (Å²) in [7, 11) is 0. The van der Waals surface area contributed by atoms with Crippen molar-refractivity contribution in [3.8, 4) is 0 Å². The van der Waals surface area contributed by atoms with Gasteiger partial charge in [0, 0.05) is 15.6 Å². The fourth-order valence-electron chi connectivity index (χ4n) is 2.44. The molecule has 1 aliphatic carbocycles. The Morgan fingerprint density at radius 1 is 1.32 bits per heavy atom. The van der Waals surface area contributed by atoms with Crippen LogP contribution in [0.4, 0.5) is 10.5 Å². The molecule has 1 aromatic heterocycles. The molecule has 0 spiro atoms. The molecule has 4 nitrogen and oxygen atoms in total. The zero-order valence-corrected chi connectivity index (χ0v) is 13.5. The summed E-state index contributed by atoms with van der Waals surface area (Å²) in [5.41, 5.74) is -0.307. The van der Waals surface area contributed by atoms with Crippen LogP contribution in [0.15, 0.2) is 41.8 Å². The first-order valence-corrected chi connectivity index (χ1v) is 8.40. The summed E-state index contributed by atoms with van der Waals surface area (Å²) in [4.78, 5) is 12.9. The number of benzene rings is 1.